The van der Waals surface area contributed by atoms with Gasteiger partial charge < -0.3 is 10.6 Å². The summed E-state index contributed by atoms with van der Waals surface area (Å²) in [7, 11) is 0. The third-order valence-corrected chi connectivity index (χ3v) is 3.77. The molecule has 0 aromatic heterocycles. The lowest BCUT2D eigenvalue weighted by Gasteiger charge is -2.11. The lowest BCUT2D eigenvalue weighted by molar-refractivity contribution is -0.116. The Balaban J connectivity index is 1.89. The van der Waals surface area contributed by atoms with E-state index in [1.807, 2.05) is 13.8 Å². The highest BCUT2D eigenvalue weighted by atomic mass is 35.5. The van der Waals surface area contributed by atoms with Crippen LogP contribution in [0.1, 0.15) is 30.6 Å². The number of carbonyl (C=O) groups is 2. The first-order valence-electron chi connectivity index (χ1n) is 8.11. The van der Waals surface area contributed by atoms with E-state index in [0.29, 0.717) is 34.3 Å². The van der Waals surface area contributed by atoms with Crippen LogP contribution in [0.15, 0.2) is 48.5 Å². The Morgan fingerprint density at radius 2 is 1.65 bits per heavy atom. The second-order valence-corrected chi connectivity index (χ2v) is 6.99. The largest absolute Gasteiger partial charge is 0.332 e. The maximum atomic E-state index is 12.1. The molecule has 0 bridgehead atoms. The zero-order valence-electron chi connectivity index (χ0n) is 14.5. The van der Waals surface area contributed by atoms with Crippen molar-refractivity contribution in [3.63, 3.8) is 0 Å². The number of anilines is 2. The van der Waals surface area contributed by atoms with Gasteiger partial charge in [-0.05, 0) is 60.6 Å². The zero-order valence-corrected chi connectivity index (χ0v) is 16.1. The van der Waals surface area contributed by atoms with Crippen molar-refractivity contribution in [3.05, 3.63) is 59.1 Å². The Morgan fingerprint density at radius 3 is 2.23 bits per heavy atom. The first kappa shape index (κ1) is 19.9. The lowest BCUT2D eigenvalue weighted by atomic mass is 10.1. The van der Waals surface area contributed by atoms with Gasteiger partial charge in [-0.25, -0.2) is 0 Å². The summed E-state index contributed by atoms with van der Waals surface area (Å²) in [4.78, 5) is 23.9. The molecule has 5 nitrogen and oxygen atoms in total. The summed E-state index contributed by atoms with van der Waals surface area (Å²) in [5, 5.41) is 9.00. The molecule has 0 saturated carbocycles. The lowest BCUT2D eigenvalue weighted by Crippen LogP contribution is -2.34. The zero-order chi connectivity index (χ0) is 19.1. The Morgan fingerprint density at radius 1 is 1.04 bits per heavy atom. The molecule has 0 unspecified atom stereocenters. The number of halogens is 1. The molecule has 0 atom stereocenters. The molecule has 0 aliphatic carbocycles. The first-order valence-corrected chi connectivity index (χ1v) is 8.90. The quantitative estimate of drug-likeness (QED) is 0.660. The molecule has 3 N–H and O–H groups in total. The Bertz CT molecular complexity index is 807. The van der Waals surface area contributed by atoms with Crippen molar-refractivity contribution in [2.24, 2.45) is 5.92 Å². The summed E-state index contributed by atoms with van der Waals surface area (Å²) in [6.45, 7) is 3.98. The Hall–Kier alpha value is -2.44. The maximum absolute atomic E-state index is 12.1. The van der Waals surface area contributed by atoms with Gasteiger partial charge in [0.05, 0.1) is 0 Å². The molecule has 2 rings (SSSR count). The number of nitrogens with one attached hydrogen (secondary N) is 3. The number of hydrogen-bond acceptors (Lipinski definition) is 3. The molecular weight excluding hydrogens is 370 g/mol. The van der Waals surface area contributed by atoms with Gasteiger partial charge in [-0.15, -0.1) is 0 Å². The van der Waals surface area contributed by atoms with Crippen molar-refractivity contribution in [3.8, 4) is 0 Å². The predicted molar refractivity (Wildman–Crippen MR) is 110 cm³/mol. The van der Waals surface area contributed by atoms with E-state index in [4.69, 9.17) is 23.8 Å². The fourth-order valence-corrected chi connectivity index (χ4v) is 2.59. The van der Waals surface area contributed by atoms with Gasteiger partial charge in [-0.1, -0.05) is 31.5 Å². The minimum absolute atomic E-state index is 0.0231. The van der Waals surface area contributed by atoms with Gasteiger partial charge in [0.1, 0.15) is 0 Å². The van der Waals surface area contributed by atoms with Gasteiger partial charge >= 0.3 is 0 Å². The molecule has 26 heavy (non-hydrogen) atoms. The van der Waals surface area contributed by atoms with Gasteiger partial charge in [0.15, 0.2) is 5.11 Å². The summed E-state index contributed by atoms with van der Waals surface area (Å²) in [6.07, 6.45) is 0.472. The van der Waals surface area contributed by atoms with Gasteiger partial charge in [0.25, 0.3) is 5.91 Å². The molecule has 0 aliphatic heterocycles. The summed E-state index contributed by atoms with van der Waals surface area (Å²) < 4.78 is 0. The highest BCUT2D eigenvalue weighted by Gasteiger charge is 2.09. The topological polar surface area (TPSA) is 70.2 Å². The van der Waals surface area contributed by atoms with Crippen molar-refractivity contribution in [2.45, 2.75) is 20.3 Å². The molecule has 0 aliphatic rings. The smallest absolute Gasteiger partial charge is 0.257 e. The van der Waals surface area contributed by atoms with Gasteiger partial charge in [-0.3, -0.25) is 14.9 Å². The minimum atomic E-state index is -0.345. The third kappa shape index (κ3) is 6.46. The summed E-state index contributed by atoms with van der Waals surface area (Å²) >= 11 is 11.0. The monoisotopic (exact) mass is 389 g/mol. The van der Waals surface area contributed by atoms with Gasteiger partial charge in [0, 0.05) is 28.4 Å². The van der Waals surface area contributed by atoms with Crippen molar-refractivity contribution >= 4 is 52.1 Å². The maximum Gasteiger partial charge on any atom is 0.257 e. The number of thiocarbonyl (C=S) groups is 1. The van der Waals surface area contributed by atoms with E-state index in [1.165, 1.54) is 0 Å². The summed E-state index contributed by atoms with van der Waals surface area (Å²) in [5.74, 6) is -0.0657. The van der Waals surface area contributed by atoms with E-state index < -0.39 is 0 Å². The van der Waals surface area contributed by atoms with Crippen LogP contribution in [0.3, 0.4) is 0 Å². The minimum Gasteiger partial charge on any atom is -0.332 e. The number of hydrogen-bond donors (Lipinski definition) is 3. The van der Waals surface area contributed by atoms with Gasteiger partial charge in [0.2, 0.25) is 5.91 Å². The average molecular weight is 390 g/mol. The number of amides is 2. The van der Waals surface area contributed by atoms with Crippen LogP contribution in [0, 0.1) is 5.92 Å². The van der Waals surface area contributed by atoms with Gasteiger partial charge in [-0.2, -0.15) is 0 Å². The average Bonchev–Trinajstić information content (AvgIpc) is 2.55. The summed E-state index contributed by atoms with van der Waals surface area (Å²) in [5.41, 5.74) is 1.82. The molecule has 0 fully saturated rings. The van der Waals surface area contributed by atoms with Crippen LogP contribution in [-0.2, 0) is 4.79 Å². The molecule has 0 radical (unpaired) electrons. The molecule has 136 valence electrons. The molecule has 0 saturated heterocycles. The molecular formula is C19H20ClN3O2S. The van der Waals surface area contributed by atoms with Crippen LogP contribution in [-0.4, -0.2) is 16.9 Å². The molecule has 2 amide bonds. The fraction of sp³-hybridized carbons (Fsp3) is 0.211. The number of rotatable bonds is 5. The summed E-state index contributed by atoms with van der Waals surface area (Å²) in [6, 6.07) is 13.7. The Labute approximate surface area is 163 Å². The van der Waals surface area contributed by atoms with Crippen LogP contribution in [0.2, 0.25) is 5.02 Å². The van der Waals surface area contributed by atoms with Crippen LogP contribution < -0.4 is 16.0 Å². The van der Waals surface area contributed by atoms with E-state index in [0.717, 1.165) is 0 Å². The Kier molecular flexibility index (Phi) is 7.12. The molecule has 0 spiro atoms. The normalized spacial score (nSPS) is 10.3. The fourth-order valence-electron chi connectivity index (χ4n) is 2.19. The van der Waals surface area contributed by atoms with Crippen LogP contribution in [0.5, 0.6) is 0 Å². The van der Waals surface area contributed by atoms with E-state index in [9.17, 15) is 9.59 Å². The van der Waals surface area contributed by atoms with Crippen LogP contribution in [0.25, 0.3) is 0 Å². The number of carbonyl (C=O) groups excluding carboxylic acids is 2. The molecule has 2 aromatic rings. The van der Waals surface area contributed by atoms with Crippen LogP contribution in [0.4, 0.5) is 11.4 Å². The molecule has 7 heteroatoms. The third-order valence-electron chi connectivity index (χ3n) is 3.33. The first-order chi connectivity index (χ1) is 12.3. The molecule has 0 heterocycles. The van der Waals surface area contributed by atoms with Crippen molar-refractivity contribution in [2.75, 3.05) is 10.6 Å². The van der Waals surface area contributed by atoms with Crippen molar-refractivity contribution in [1.29, 1.82) is 0 Å². The molecule has 2 aromatic carbocycles. The highest BCUT2D eigenvalue weighted by molar-refractivity contribution is 7.80. The standard InChI is InChI=1S/C19H20ClN3O2S/c1-12(2)10-17(24)21-15-6-8-16(9-7-15)22-19(26)23-18(25)13-4-3-5-14(20)11-13/h3-9,11-12H,10H2,1-2H3,(H,21,24)(H2,22,23,25,26). The highest BCUT2D eigenvalue weighted by Crippen LogP contribution is 2.15. The van der Waals surface area contributed by atoms with E-state index >= 15 is 0 Å². The van der Waals surface area contributed by atoms with Crippen molar-refractivity contribution in [1.82, 2.24) is 5.32 Å². The van der Waals surface area contributed by atoms with E-state index in [2.05, 4.69) is 16.0 Å². The SMILES string of the molecule is CC(C)CC(=O)Nc1ccc(NC(=S)NC(=O)c2cccc(Cl)c2)cc1. The second kappa shape index (κ2) is 9.31. The second-order valence-electron chi connectivity index (χ2n) is 6.14. The van der Waals surface area contributed by atoms with E-state index in [1.54, 1.807) is 48.5 Å². The predicted octanol–water partition coefficient (Wildman–Crippen LogP) is 4.45. The van der Waals surface area contributed by atoms with Crippen molar-refractivity contribution < 1.29 is 9.59 Å². The number of benzene rings is 2. The van der Waals surface area contributed by atoms with Crippen LogP contribution >= 0.6 is 23.8 Å². The van der Waals surface area contributed by atoms with E-state index in [-0.39, 0.29) is 16.9 Å².